The van der Waals surface area contributed by atoms with Gasteiger partial charge in [-0.25, -0.2) is 13.1 Å². The van der Waals surface area contributed by atoms with E-state index >= 15 is 0 Å². The number of unbranched alkanes of at least 4 members (excludes halogenated alkanes) is 1. The van der Waals surface area contributed by atoms with Crippen LogP contribution in [0.2, 0.25) is 0 Å². The van der Waals surface area contributed by atoms with E-state index in [1.165, 1.54) is 11.3 Å². The Morgan fingerprint density at radius 2 is 2.11 bits per heavy atom. The molecule has 0 radical (unpaired) electrons. The molecule has 0 saturated heterocycles. The molecule has 1 amide bonds. The van der Waals surface area contributed by atoms with Crippen molar-refractivity contribution in [3.8, 4) is 0 Å². The summed E-state index contributed by atoms with van der Waals surface area (Å²) in [5, 5.41) is 0. The van der Waals surface area contributed by atoms with Crippen molar-refractivity contribution in [3.05, 3.63) is 17.0 Å². The number of amides is 1. The highest BCUT2D eigenvalue weighted by molar-refractivity contribution is 7.91. The van der Waals surface area contributed by atoms with Crippen LogP contribution in [-0.4, -0.2) is 39.4 Å². The maximum Gasteiger partial charge on any atom is 0.250 e. The topological polar surface area (TPSA) is 66.5 Å². The molecule has 0 aliphatic rings. The van der Waals surface area contributed by atoms with Crippen LogP contribution in [0.25, 0.3) is 0 Å². The molecule has 0 fully saturated rings. The molecule has 5 nitrogen and oxygen atoms in total. The minimum absolute atomic E-state index is 0.195. The van der Waals surface area contributed by atoms with Crippen molar-refractivity contribution in [3.63, 3.8) is 0 Å². The maximum atomic E-state index is 11.9. The van der Waals surface area contributed by atoms with Gasteiger partial charge in [0.05, 0.1) is 6.54 Å². The Balaban J connectivity index is 2.54. The van der Waals surface area contributed by atoms with Crippen LogP contribution in [0.15, 0.2) is 16.3 Å². The SMILES string of the molecule is CCCCN(C)C(=O)CNS(=O)(=O)c1ccc(C)s1. The summed E-state index contributed by atoms with van der Waals surface area (Å²) < 4.78 is 26.4. The second kappa shape index (κ2) is 7.02. The molecule has 0 unspecified atom stereocenters. The molecular formula is C12H20N2O3S2. The third-order valence-electron chi connectivity index (χ3n) is 2.67. The van der Waals surface area contributed by atoms with Gasteiger partial charge in [-0.05, 0) is 25.5 Å². The van der Waals surface area contributed by atoms with E-state index in [2.05, 4.69) is 4.72 Å². The van der Waals surface area contributed by atoms with Crippen LogP contribution in [0, 0.1) is 6.92 Å². The monoisotopic (exact) mass is 304 g/mol. The minimum Gasteiger partial charge on any atom is -0.345 e. The molecule has 0 bridgehead atoms. The summed E-state index contributed by atoms with van der Waals surface area (Å²) in [4.78, 5) is 14.2. The summed E-state index contributed by atoms with van der Waals surface area (Å²) in [5.41, 5.74) is 0. The van der Waals surface area contributed by atoms with Crippen molar-refractivity contribution in [2.75, 3.05) is 20.1 Å². The lowest BCUT2D eigenvalue weighted by Crippen LogP contribution is -2.38. The lowest BCUT2D eigenvalue weighted by atomic mass is 10.3. The highest BCUT2D eigenvalue weighted by Crippen LogP contribution is 2.19. The summed E-state index contributed by atoms with van der Waals surface area (Å²) in [6.07, 6.45) is 1.91. The number of sulfonamides is 1. The Kier molecular flexibility index (Phi) is 5.96. The molecule has 1 heterocycles. The van der Waals surface area contributed by atoms with Gasteiger partial charge in [0.15, 0.2) is 0 Å². The van der Waals surface area contributed by atoms with Crippen LogP contribution >= 0.6 is 11.3 Å². The Morgan fingerprint density at radius 3 is 2.63 bits per heavy atom. The Morgan fingerprint density at radius 1 is 1.42 bits per heavy atom. The smallest absolute Gasteiger partial charge is 0.250 e. The van der Waals surface area contributed by atoms with Crippen LogP contribution in [0.1, 0.15) is 24.6 Å². The normalized spacial score (nSPS) is 11.5. The van der Waals surface area contributed by atoms with E-state index in [1.54, 1.807) is 24.1 Å². The molecule has 0 saturated carbocycles. The van der Waals surface area contributed by atoms with Gasteiger partial charge in [0, 0.05) is 18.5 Å². The molecule has 7 heteroatoms. The zero-order valence-electron chi connectivity index (χ0n) is 11.5. The van der Waals surface area contributed by atoms with Gasteiger partial charge in [-0.1, -0.05) is 13.3 Å². The zero-order valence-corrected chi connectivity index (χ0v) is 13.1. The van der Waals surface area contributed by atoms with E-state index in [0.717, 1.165) is 17.7 Å². The van der Waals surface area contributed by atoms with Crippen LogP contribution in [0.3, 0.4) is 0 Å². The molecule has 0 atom stereocenters. The number of nitrogens with one attached hydrogen (secondary N) is 1. The Labute approximate surface area is 118 Å². The number of likely N-dealkylation sites (N-methyl/N-ethyl adjacent to an activating group) is 1. The van der Waals surface area contributed by atoms with Crippen molar-refractivity contribution in [2.24, 2.45) is 0 Å². The predicted molar refractivity (Wildman–Crippen MR) is 76.8 cm³/mol. The molecule has 1 aromatic heterocycles. The van der Waals surface area contributed by atoms with Crippen molar-refractivity contribution >= 4 is 27.3 Å². The van der Waals surface area contributed by atoms with Crippen molar-refractivity contribution in [2.45, 2.75) is 30.9 Å². The molecule has 0 aliphatic carbocycles. The minimum atomic E-state index is -3.57. The summed E-state index contributed by atoms with van der Waals surface area (Å²) in [7, 11) is -1.89. The van der Waals surface area contributed by atoms with Crippen LogP contribution in [0.5, 0.6) is 0 Å². The van der Waals surface area contributed by atoms with Crippen molar-refractivity contribution in [1.82, 2.24) is 9.62 Å². The van der Waals surface area contributed by atoms with Crippen molar-refractivity contribution in [1.29, 1.82) is 0 Å². The van der Waals surface area contributed by atoms with E-state index in [0.29, 0.717) is 6.54 Å². The third-order valence-corrected chi connectivity index (χ3v) is 5.56. The van der Waals surface area contributed by atoms with E-state index in [4.69, 9.17) is 0 Å². The number of nitrogens with zero attached hydrogens (tertiary/aromatic N) is 1. The molecule has 19 heavy (non-hydrogen) atoms. The number of rotatable bonds is 7. The number of thiophene rings is 1. The molecule has 0 aliphatic heterocycles. The molecule has 108 valence electrons. The van der Waals surface area contributed by atoms with Crippen LogP contribution < -0.4 is 4.72 Å². The first kappa shape index (κ1) is 16.1. The Bertz CT molecular complexity index is 523. The zero-order chi connectivity index (χ0) is 14.5. The van der Waals surface area contributed by atoms with E-state index in [9.17, 15) is 13.2 Å². The first-order valence-electron chi connectivity index (χ1n) is 6.17. The van der Waals surface area contributed by atoms with Crippen LogP contribution in [-0.2, 0) is 14.8 Å². The standard InChI is InChI=1S/C12H20N2O3S2/c1-4-5-8-14(3)11(15)9-13-19(16,17)12-7-6-10(2)18-12/h6-7,13H,4-5,8-9H2,1-3H3. The van der Waals surface area contributed by atoms with Gasteiger partial charge in [0.1, 0.15) is 4.21 Å². The van der Waals surface area contributed by atoms with Gasteiger partial charge in [-0.3, -0.25) is 4.79 Å². The van der Waals surface area contributed by atoms with Gasteiger partial charge in [0.25, 0.3) is 10.0 Å². The Hall–Kier alpha value is -0.920. The highest BCUT2D eigenvalue weighted by Gasteiger charge is 2.18. The lowest BCUT2D eigenvalue weighted by Gasteiger charge is -2.16. The lowest BCUT2D eigenvalue weighted by molar-refractivity contribution is -0.128. The molecule has 1 rings (SSSR count). The van der Waals surface area contributed by atoms with Gasteiger partial charge in [0.2, 0.25) is 5.91 Å². The molecular weight excluding hydrogens is 284 g/mol. The number of carbonyl (C=O) groups excluding carboxylic acids is 1. The number of hydrogen-bond donors (Lipinski definition) is 1. The third kappa shape index (κ3) is 4.93. The molecule has 1 aromatic rings. The van der Waals surface area contributed by atoms with E-state index in [1.807, 2.05) is 13.8 Å². The summed E-state index contributed by atoms with van der Waals surface area (Å²) in [6.45, 7) is 4.34. The molecule has 0 aromatic carbocycles. The largest absolute Gasteiger partial charge is 0.345 e. The van der Waals surface area contributed by atoms with Gasteiger partial charge < -0.3 is 4.90 Å². The van der Waals surface area contributed by atoms with Crippen LogP contribution in [0.4, 0.5) is 0 Å². The first-order chi connectivity index (χ1) is 8.86. The number of carbonyl (C=O) groups is 1. The first-order valence-corrected chi connectivity index (χ1v) is 8.47. The quantitative estimate of drug-likeness (QED) is 0.832. The fraction of sp³-hybridized carbons (Fsp3) is 0.583. The second-order valence-electron chi connectivity index (χ2n) is 4.36. The van der Waals surface area contributed by atoms with E-state index in [-0.39, 0.29) is 16.7 Å². The summed E-state index contributed by atoms with van der Waals surface area (Å²) in [5.74, 6) is -0.217. The second-order valence-corrected chi connectivity index (χ2v) is 7.64. The summed E-state index contributed by atoms with van der Waals surface area (Å²) >= 11 is 1.19. The molecule has 0 spiro atoms. The number of hydrogen-bond acceptors (Lipinski definition) is 4. The fourth-order valence-corrected chi connectivity index (χ4v) is 3.74. The van der Waals surface area contributed by atoms with Crippen molar-refractivity contribution < 1.29 is 13.2 Å². The van der Waals surface area contributed by atoms with Gasteiger partial charge >= 0.3 is 0 Å². The number of aryl methyl sites for hydroxylation is 1. The summed E-state index contributed by atoms with van der Waals surface area (Å²) in [6, 6.07) is 3.29. The van der Waals surface area contributed by atoms with Gasteiger partial charge in [-0.2, -0.15) is 0 Å². The average Bonchev–Trinajstić information content (AvgIpc) is 2.80. The highest BCUT2D eigenvalue weighted by atomic mass is 32.2. The van der Waals surface area contributed by atoms with Gasteiger partial charge in [-0.15, -0.1) is 11.3 Å². The molecule has 1 N–H and O–H groups in total. The predicted octanol–water partition coefficient (Wildman–Crippen LogP) is 1.59. The fourth-order valence-electron chi connectivity index (χ4n) is 1.44. The average molecular weight is 304 g/mol. The maximum absolute atomic E-state index is 11.9. The van der Waals surface area contributed by atoms with E-state index < -0.39 is 10.0 Å².